The number of hydrogen-bond donors (Lipinski definition) is 1. The van der Waals surface area contributed by atoms with Crippen LogP contribution in [0.1, 0.15) is 10.4 Å². The predicted octanol–water partition coefficient (Wildman–Crippen LogP) is 1.04. The molecule has 0 heterocycles. The van der Waals surface area contributed by atoms with Crippen molar-refractivity contribution in [3.05, 3.63) is 29.6 Å². The lowest BCUT2D eigenvalue weighted by Gasteiger charge is -2.13. The first-order valence-electron chi connectivity index (χ1n) is 3.93. The minimum atomic E-state index is -0.611. The molecule has 0 bridgehead atoms. The molecule has 1 aromatic rings. The van der Waals surface area contributed by atoms with Crippen molar-refractivity contribution in [2.45, 2.75) is 0 Å². The second-order valence-corrected chi connectivity index (χ2v) is 2.72. The number of carbonyl (C=O) groups excluding carboxylic acids is 1. The molecule has 1 aromatic carbocycles. The lowest BCUT2D eigenvalue weighted by Crippen LogP contribution is -2.25. The summed E-state index contributed by atoms with van der Waals surface area (Å²) in [6.07, 6.45) is 0. The maximum absolute atomic E-state index is 13.0. The van der Waals surface area contributed by atoms with Crippen molar-refractivity contribution >= 4 is 11.6 Å². The molecule has 0 aliphatic rings. The number of nitrogens with zero attached hydrogens (tertiary/aromatic N) is 1. The fourth-order valence-electron chi connectivity index (χ4n) is 0.925. The third-order valence-electron chi connectivity index (χ3n) is 1.81. The molecule has 2 N–H and O–H groups in total. The Morgan fingerprint density at radius 1 is 1.57 bits per heavy atom. The molecule has 0 spiro atoms. The van der Waals surface area contributed by atoms with Gasteiger partial charge in [-0.3, -0.25) is 9.63 Å². The summed E-state index contributed by atoms with van der Waals surface area (Å²) >= 11 is 0. The van der Waals surface area contributed by atoms with E-state index < -0.39 is 11.7 Å². The third-order valence-corrected chi connectivity index (χ3v) is 1.81. The molecule has 0 saturated heterocycles. The molecule has 0 radical (unpaired) electrons. The molecule has 0 aliphatic carbocycles. The highest BCUT2D eigenvalue weighted by Crippen LogP contribution is 2.13. The smallest absolute Gasteiger partial charge is 0.277 e. The van der Waals surface area contributed by atoms with Crippen molar-refractivity contribution in [1.82, 2.24) is 5.06 Å². The highest BCUT2D eigenvalue weighted by molar-refractivity contribution is 5.93. The summed E-state index contributed by atoms with van der Waals surface area (Å²) in [6, 6.07) is 3.86. The fourth-order valence-corrected chi connectivity index (χ4v) is 0.925. The van der Waals surface area contributed by atoms with Gasteiger partial charge in [0.05, 0.1) is 12.8 Å². The number of nitrogen functional groups attached to an aromatic ring is 1. The number of anilines is 1. The van der Waals surface area contributed by atoms with E-state index in [2.05, 4.69) is 4.84 Å². The number of halogens is 1. The second kappa shape index (κ2) is 4.06. The van der Waals surface area contributed by atoms with Crippen molar-refractivity contribution in [2.75, 3.05) is 19.9 Å². The van der Waals surface area contributed by atoms with Gasteiger partial charge in [-0.05, 0) is 18.2 Å². The quantitative estimate of drug-likeness (QED) is 0.570. The SMILES string of the molecule is CON(C)C(=O)c1ccc(N)c(F)c1. The Bertz CT molecular complexity index is 355. The number of rotatable bonds is 2. The molecule has 0 fully saturated rings. The van der Waals surface area contributed by atoms with Gasteiger partial charge in [0, 0.05) is 12.6 Å². The summed E-state index contributed by atoms with van der Waals surface area (Å²) in [5, 5.41) is 1.00. The average Bonchev–Trinajstić information content (AvgIpc) is 2.20. The Hall–Kier alpha value is -1.62. The summed E-state index contributed by atoms with van der Waals surface area (Å²) in [5.41, 5.74) is 5.48. The molecule has 0 aromatic heterocycles. The molecular formula is C9H11FN2O2. The molecule has 1 amide bonds. The summed E-state index contributed by atoms with van der Waals surface area (Å²) < 4.78 is 13.0. The Morgan fingerprint density at radius 2 is 2.21 bits per heavy atom. The molecular weight excluding hydrogens is 187 g/mol. The van der Waals surface area contributed by atoms with E-state index >= 15 is 0 Å². The highest BCUT2D eigenvalue weighted by Gasteiger charge is 2.12. The van der Waals surface area contributed by atoms with Crippen LogP contribution in [-0.4, -0.2) is 25.1 Å². The number of hydroxylamine groups is 2. The van der Waals surface area contributed by atoms with Crippen LogP contribution in [-0.2, 0) is 4.84 Å². The first-order chi connectivity index (χ1) is 6.56. The molecule has 4 nitrogen and oxygen atoms in total. The van der Waals surface area contributed by atoms with Crippen molar-refractivity contribution in [1.29, 1.82) is 0 Å². The first-order valence-corrected chi connectivity index (χ1v) is 3.93. The third kappa shape index (κ3) is 2.00. The van der Waals surface area contributed by atoms with Gasteiger partial charge in [-0.2, -0.15) is 0 Å². The molecule has 5 heteroatoms. The van der Waals surface area contributed by atoms with Crippen LogP contribution in [0.3, 0.4) is 0 Å². The number of benzene rings is 1. The summed E-state index contributed by atoms with van der Waals surface area (Å²) in [5.74, 6) is -1.04. The molecule has 76 valence electrons. The van der Waals surface area contributed by atoms with Crippen LogP contribution in [0.25, 0.3) is 0 Å². The van der Waals surface area contributed by atoms with E-state index in [0.29, 0.717) is 0 Å². The molecule has 0 aliphatic heterocycles. The normalized spacial score (nSPS) is 9.93. The number of hydrogen-bond acceptors (Lipinski definition) is 3. The maximum atomic E-state index is 13.0. The minimum Gasteiger partial charge on any atom is -0.396 e. The van der Waals surface area contributed by atoms with Crippen molar-refractivity contribution in [2.24, 2.45) is 0 Å². The Kier molecular flexibility index (Phi) is 3.03. The second-order valence-electron chi connectivity index (χ2n) is 2.72. The van der Waals surface area contributed by atoms with E-state index in [-0.39, 0.29) is 11.3 Å². The van der Waals surface area contributed by atoms with Crippen LogP contribution in [0.15, 0.2) is 18.2 Å². The largest absolute Gasteiger partial charge is 0.396 e. The van der Waals surface area contributed by atoms with Crippen LogP contribution >= 0.6 is 0 Å². The van der Waals surface area contributed by atoms with E-state index in [1.165, 1.54) is 26.3 Å². The number of nitrogens with two attached hydrogens (primary N) is 1. The van der Waals surface area contributed by atoms with Gasteiger partial charge in [-0.1, -0.05) is 0 Å². The predicted molar refractivity (Wildman–Crippen MR) is 49.9 cm³/mol. The lowest BCUT2D eigenvalue weighted by molar-refractivity contribution is -0.0757. The Labute approximate surface area is 81.0 Å². The summed E-state index contributed by atoms with van der Waals surface area (Å²) in [6.45, 7) is 0. The van der Waals surface area contributed by atoms with E-state index in [0.717, 1.165) is 11.1 Å². The summed E-state index contributed by atoms with van der Waals surface area (Å²) in [7, 11) is 2.79. The first kappa shape index (κ1) is 10.5. The lowest BCUT2D eigenvalue weighted by atomic mass is 10.2. The van der Waals surface area contributed by atoms with Gasteiger partial charge in [0.1, 0.15) is 5.82 Å². The monoisotopic (exact) mass is 198 g/mol. The summed E-state index contributed by atoms with van der Waals surface area (Å²) in [4.78, 5) is 16.1. The fraction of sp³-hybridized carbons (Fsp3) is 0.222. The van der Waals surface area contributed by atoms with Gasteiger partial charge in [0.25, 0.3) is 5.91 Å². The molecule has 14 heavy (non-hydrogen) atoms. The molecule has 0 unspecified atom stereocenters. The molecule has 0 saturated carbocycles. The zero-order chi connectivity index (χ0) is 10.7. The van der Waals surface area contributed by atoms with Crippen LogP contribution in [0.5, 0.6) is 0 Å². The zero-order valence-corrected chi connectivity index (χ0v) is 7.95. The Balaban J connectivity index is 2.97. The van der Waals surface area contributed by atoms with Crippen molar-refractivity contribution in [3.8, 4) is 0 Å². The minimum absolute atomic E-state index is 0.0154. The number of amides is 1. The van der Waals surface area contributed by atoms with E-state index in [1.54, 1.807) is 0 Å². The zero-order valence-electron chi connectivity index (χ0n) is 7.95. The topological polar surface area (TPSA) is 55.6 Å². The van der Waals surface area contributed by atoms with Crippen molar-refractivity contribution in [3.63, 3.8) is 0 Å². The van der Waals surface area contributed by atoms with Crippen molar-refractivity contribution < 1.29 is 14.0 Å². The Morgan fingerprint density at radius 3 is 2.71 bits per heavy atom. The number of carbonyl (C=O) groups is 1. The van der Waals surface area contributed by atoms with E-state index in [4.69, 9.17) is 5.73 Å². The van der Waals surface area contributed by atoms with Crippen LogP contribution < -0.4 is 5.73 Å². The van der Waals surface area contributed by atoms with Gasteiger partial charge in [-0.15, -0.1) is 0 Å². The van der Waals surface area contributed by atoms with Gasteiger partial charge in [-0.25, -0.2) is 9.45 Å². The van der Waals surface area contributed by atoms with E-state index in [1.807, 2.05) is 0 Å². The maximum Gasteiger partial charge on any atom is 0.277 e. The van der Waals surface area contributed by atoms with Gasteiger partial charge in [0.2, 0.25) is 0 Å². The average molecular weight is 198 g/mol. The molecule has 1 rings (SSSR count). The van der Waals surface area contributed by atoms with Crippen LogP contribution in [0, 0.1) is 5.82 Å². The molecule has 0 atom stereocenters. The highest BCUT2D eigenvalue weighted by atomic mass is 19.1. The van der Waals surface area contributed by atoms with Gasteiger partial charge >= 0.3 is 0 Å². The van der Waals surface area contributed by atoms with Gasteiger partial charge in [0.15, 0.2) is 0 Å². The van der Waals surface area contributed by atoms with Crippen LogP contribution in [0.2, 0.25) is 0 Å². The van der Waals surface area contributed by atoms with Gasteiger partial charge < -0.3 is 5.73 Å². The standard InChI is InChI=1S/C9H11FN2O2/c1-12(14-2)9(13)6-3-4-8(11)7(10)5-6/h3-5H,11H2,1-2H3. The van der Waals surface area contributed by atoms with Crippen LogP contribution in [0.4, 0.5) is 10.1 Å². The van der Waals surface area contributed by atoms with E-state index in [9.17, 15) is 9.18 Å².